The predicted octanol–water partition coefficient (Wildman–Crippen LogP) is -1.17. The summed E-state index contributed by atoms with van der Waals surface area (Å²) in [6, 6.07) is 0. The van der Waals surface area contributed by atoms with Crippen molar-refractivity contribution in [3.8, 4) is 0 Å². The molecule has 1 aliphatic rings. The van der Waals surface area contributed by atoms with Gasteiger partial charge >= 0.3 is 0 Å². The van der Waals surface area contributed by atoms with Crippen LogP contribution in [0.3, 0.4) is 0 Å². The Kier molecular flexibility index (Phi) is 4.47. The van der Waals surface area contributed by atoms with Crippen LogP contribution in [0.4, 0.5) is 0 Å². The number of rotatable bonds is 4. The molecule has 90 valence electrons. The van der Waals surface area contributed by atoms with Crippen LogP contribution in [0.2, 0.25) is 0 Å². The summed E-state index contributed by atoms with van der Waals surface area (Å²) in [5.74, 6) is -0.612. The van der Waals surface area contributed by atoms with Gasteiger partial charge in [0.25, 0.3) is 10.1 Å². The summed E-state index contributed by atoms with van der Waals surface area (Å²) < 4.78 is 29.7. The summed E-state index contributed by atoms with van der Waals surface area (Å²) >= 11 is 0. The SMILES string of the molecule is CCN1CCN(C(O)CS(=O)(=O)O)CC1. The molecule has 0 aliphatic carbocycles. The number of likely N-dealkylation sites (N-methyl/N-ethyl adjacent to an activating group) is 1. The third-order valence-corrected chi connectivity index (χ3v) is 3.35. The number of aliphatic hydroxyl groups excluding tert-OH is 1. The van der Waals surface area contributed by atoms with Crippen LogP contribution in [-0.2, 0) is 10.1 Å². The van der Waals surface area contributed by atoms with Gasteiger partial charge in [-0.2, -0.15) is 8.42 Å². The lowest BCUT2D eigenvalue weighted by Gasteiger charge is -2.36. The first-order valence-corrected chi connectivity index (χ1v) is 6.63. The molecule has 0 aromatic rings. The molecule has 2 N–H and O–H groups in total. The molecule has 6 nitrogen and oxygen atoms in total. The highest BCUT2D eigenvalue weighted by molar-refractivity contribution is 7.85. The van der Waals surface area contributed by atoms with E-state index in [1.54, 1.807) is 4.90 Å². The van der Waals surface area contributed by atoms with Crippen LogP contribution >= 0.6 is 0 Å². The van der Waals surface area contributed by atoms with Gasteiger partial charge in [-0.05, 0) is 6.54 Å². The van der Waals surface area contributed by atoms with E-state index in [9.17, 15) is 13.5 Å². The largest absolute Gasteiger partial charge is 0.377 e. The van der Waals surface area contributed by atoms with Gasteiger partial charge in [0.2, 0.25) is 0 Å². The highest BCUT2D eigenvalue weighted by atomic mass is 32.2. The van der Waals surface area contributed by atoms with Crippen molar-refractivity contribution in [1.29, 1.82) is 0 Å². The molecule has 0 spiro atoms. The van der Waals surface area contributed by atoms with Crippen LogP contribution in [0.1, 0.15) is 6.92 Å². The van der Waals surface area contributed by atoms with Gasteiger partial charge in [0.05, 0.1) is 0 Å². The molecular weight excluding hydrogens is 220 g/mol. The van der Waals surface area contributed by atoms with Crippen molar-refractivity contribution in [3.05, 3.63) is 0 Å². The maximum Gasteiger partial charge on any atom is 0.268 e. The van der Waals surface area contributed by atoms with Gasteiger partial charge in [0.15, 0.2) is 0 Å². The number of hydrogen-bond acceptors (Lipinski definition) is 5. The second kappa shape index (κ2) is 5.22. The van der Waals surface area contributed by atoms with Crippen LogP contribution in [0.25, 0.3) is 0 Å². The van der Waals surface area contributed by atoms with Crippen molar-refractivity contribution < 1.29 is 18.1 Å². The molecule has 0 aromatic heterocycles. The molecule has 1 unspecified atom stereocenters. The van der Waals surface area contributed by atoms with Crippen molar-refractivity contribution in [3.63, 3.8) is 0 Å². The lowest BCUT2D eigenvalue weighted by molar-refractivity contribution is -0.0103. The zero-order valence-electron chi connectivity index (χ0n) is 8.83. The van der Waals surface area contributed by atoms with Gasteiger partial charge in [-0.1, -0.05) is 6.92 Å². The Hall–Kier alpha value is -0.210. The van der Waals surface area contributed by atoms with Gasteiger partial charge in [0.1, 0.15) is 12.0 Å². The zero-order valence-corrected chi connectivity index (χ0v) is 9.65. The first kappa shape index (κ1) is 12.9. The average molecular weight is 238 g/mol. The van der Waals surface area contributed by atoms with Gasteiger partial charge in [0, 0.05) is 26.2 Å². The molecule has 1 heterocycles. The number of hydrogen-bond donors (Lipinski definition) is 2. The maximum atomic E-state index is 10.6. The Morgan fingerprint density at radius 1 is 1.27 bits per heavy atom. The fourth-order valence-corrected chi connectivity index (χ4v) is 2.26. The van der Waals surface area contributed by atoms with Crippen molar-refractivity contribution in [2.45, 2.75) is 13.2 Å². The smallest absolute Gasteiger partial charge is 0.268 e. The first-order chi connectivity index (χ1) is 6.92. The van der Waals surface area contributed by atoms with Gasteiger partial charge < -0.3 is 10.0 Å². The maximum absolute atomic E-state index is 10.6. The van der Waals surface area contributed by atoms with E-state index >= 15 is 0 Å². The van der Waals surface area contributed by atoms with E-state index in [2.05, 4.69) is 11.8 Å². The van der Waals surface area contributed by atoms with Crippen molar-refractivity contribution in [1.82, 2.24) is 9.80 Å². The van der Waals surface area contributed by atoms with Crippen LogP contribution in [-0.4, -0.2) is 72.6 Å². The Labute approximate surface area is 90.2 Å². The summed E-state index contributed by atoms with van der Waals surface area (Å²) in [6.07, 6.45) is -1.10. The minimum atomic E-state index is -4.10. The van der Waals surface area contributed by atoms with Gasteiger partial charge in [-0.3, -0.25) is 9.45 Å². The minimum Gasteiger partial charge on any atom is -0.377 e. The minimum absolute atomic E-state index is 0.612. The molecule has 0 aromatic carbocycles. The lowest BCUT2D eigenvalue weighted by atomic mass is 10.3. The lowest BCUT2D eigenvalue weighted by Crippen LogP contribution is -2.51. The van der Waals surface area contributed by atoms with E-state index in [1.165, 1.54) is 0 Å². The van der Waals surface area contributed by atoms with Crippen molar-refractivity contribution in [2.24, 2.45) is 0 Å². The van der Waals surface area contributed by atoms with Crippen molar-refractivity contribution in [2.75, 3.05) is 38.5 Å². The second-order valence-electron chi connectivity index (χ2n) is 3.70. The van der Waals surface area contributed by atoms with Crippen molar-refractivity contribution >= 4 is 10.1 Å². The van der Waals surface area contributed by atoms with Crippen LogP contribution < -0.4 is 0 Å². The first-order valence-electron chi connectivity index (χ1n) is 5.02. The molecule has 15 heavy (non-hydrogen) atoms. The summed E-state index contributed by atoms with van der Waals surface area (Å²) in [5, 5.41) is 9.54. The van der Waals surface area contributed by atoms with Crippen LogP contribution in [0, 0.1) is 0 Å². The van der Waals surface area contributed by atoms with E-state index in [0.717, 1.165) is 19.6 Å². The summed E-state index contributed by atoms with van der Waals surface area (Å²) in [6.45, 7) is 5.92. The molecule has 1 saturated heterocycles. The van der Waals surface area contributed by atoms with E-state index in [4.69, 9.17) is 4.55 Å². The Morgan fingerprint density at radius 2 is 1.80 bits per heavy atom. The molecule has 7 heteroatoms. The van der Waals surface area contributed by atoms with Gasteiger partial charge in [-0.25, -0.2) is 0 Å². The third-order valence-electron chi connectivity index (χ3n) is 2.64. The normalized spacial score (nSPS) is 22.9. The van der Waals surface area contributed by atoms with E-state index in [-0.39, 0.29) is 0 Å². The predicted molar refractivity (Wildman–Crippen MR) is 56.1 cm³/mol. The third kappa shape index (κ3) is 4.43. The molecule has 0 amide bonds. The highest BCUT2D eigenvalue weighted by Crippen LogP contribution is 2.05. The highest BCUT2D eigenvalue weighted by Gasteiger charge is 2.24. The molecule has 1 fully saturated rings. The molecule has 1 aliphatic heterocycles. The van der Waals surface area contributed by atoms with E-state index in [1.807, 2.05) is 0 Å². The molecule has 0 radical (unpaired) electrons. The van der Waals surface area contributed by atoms with Gasteiger partial charge in [-0.15, -0.1) is 0 Å². The summed E-state index contributed by atoms with van der Waals surface area (Å²) in [7, 11) is -4.10. The zero-order chi connectivity index (χ0) is 11.5. The topological polar surface area (TPSA) is 81.1 Å². The summed E-state index contributed by atoms with van der Waals surface area (Å²) in [5.41, 5.74) is 0. The molecule has 1 atom stereocenters. The summed E-state index contributed by atoms with van der Waals surface area (Å²) in [4.78, 5) is 3.89. The number of piperazine rings is 1. The Bertz CT molecular complexity index is 285. The molecule has 0 saturated carbocycles. The molecular formula is C8H18N2O4S. The van der Waals surface area contributed by atoms with E-state index in [0.29, 0.717) is 13.1 Å². The molecule has 1 rings (SSSR count). The number of nitrogens with zero attached hydrogens (tertiary/aromatic N) is 2. The van der Waals surface area contributed by atoms with Crippen LogP contribution in [0.15, 0.2) is 0 Å². The monoisotopic (exact) mass is 238 g/mol. The quantitative estimate of drug-likeness (QED) is 0.601. The fourth-order valence-electron chi connectivity index (χ4n) is 1.67. The molecule has 0 bridgehead atoms. The fraction of sp³-hybridized carbons (Fsp3) is 1.00. The Balaban J connectivity index is 2.39. The van der Waals surface area contributed by atoms with Crippen LogP contribution in [0.5, 0.6) is 0 Å². The Morgan fingerprint density at radius 3 is 2.20 bits per heavy atom. The standard InChI is InChI=1S/C8H18N2O4S/c1-2-9-3-5-10(6-4-9)8(11)7-15(12,13)14/h8,11H,2-7H2,1H3,(H,12,13,14). The van der Waals surface area contributed by atoms with E-state index < -0.39 is 22.1 Å². The number of aliphatic hydroxyl groups is 1. The average Bonchev–Trinajstić information content (AvgIpc) is 2.15. The second-order valence-corrected chi connectivity index (χ2v) is 5.20.